The van der Waals surface area contributed by atoms with Crippen molar-refractivity contribution < 1.29 is 27.8 Å². The van der Waals surface area contributed by atoms with Gasteiger partial charge in [0.1, 0.15) is 5.82 Å². The van der Waals surface area contributed by atoms with Crippen molar-refractivity contribution in [2.45, 2.75) is 57.3 Å². The molecule has 2 amide bonds. The van der Waals surface area contributed by atoms with Crippen LogP contribution in [0.3, 0.4) is 0 Å². The van der Waals surface area contributed by atoms with E-state index >= 15 is 0 Å². The molecule has 3 atom stereocenters. The lowest BCUT2D eigenvalue weighted by molar-refractivity contribution is -0.143. The second-order valence-corrected chi connectivity index (χ2v) is 10.7. The van der Waals surface area contributed by atoms with E-state index in [1.165, 1.54) is 4.90 Å². The molecule has 3 heterocycles. The molecular formula is C27H35F3N6O3. The number of rotatable bonds is 6. The molecule has 0 radical (unpaired) electrons. The van der Waals surface area contributed by atoms with Crippen LogP contribution in [-0.2, 0) is 4.74 Å². The minimum atomic E-state index is -4.23. The van der Waals surface area contributed by atoms with Crippen LogP contribution in [0, 0.1) is 12.8 Å². The van der Waals surface area contributed by atoms with Gasteiger partial charge in [-0.15, -0.1) is 0 Å². The van der Waals surface area contributed by atoms with Gasteiger partial charge in [-0.1, -0.05) is 6.07 Å². The molecule has 0 bridgehead atoms. The highest BCUT2D eigenvalue weighted by molar-refractivity contribution is 5.90. The first-order valence-electron chi connectivity index (χ1n) is 13.5. The third-order valence-electron chi connectivity index (χ3n) is 7.64. The first kappa shape index (κ1) is 27.4. The Labute approximate surface area is 225 Å². The molecule has 9 nitrogen and oxygen atoms in total. The molecule has 1 saturated carbocycles. The monoisotopic (exact) mass is 548 g/mol. The fourth-order valence-electron chi connectivity index (χ4n) is 5.55. The number of morpholine rings is 1. The van der Waals surface area contributed by atoms with E-state index in [-0.39, 0.29) is 18.7 Å². The van der Waals surface area contributed by atoms with Gasteiger partial charge in [0.15, 0.2) is 0 Å². The Morgan fingerprint density at radius 2 is 1.92 bits per heavy atom. The Morgan fingerprint density at radius 1 is 1.13 bits per heavy atom. The number of aryl methyl sites for hydroxylation is 1. The van der Waals surface area contributed by atoms with Gasteiger partial charge in [0.2, 0.25) is 5.95 Å². The number of urea groups is 1. The third-order valence-corrected chi connectivity index (χ3v) is 7.64. The van der Waals surface area contributed by atoms with Crippen molar-refractivity contribution >= 4 is 23.5 Å². The number of aliphatic hydroxyl groups excluding tert-OH is 1. The van der Waals surface area contributed by atoms with Gasteiger partial charge in [0, 0.05) is 56.0 Å². The smallest absolute Gasteiger partial charge is 0.389 e. The van der Waals surface area contributed by atoms with Gasteiger partial charge in [-0.05, 0) is 56.2 Å². The predicted molar refractivity (Wildman–Crippen MR) is 142 cm³/mol. The van der Waals surface area contributed by atoms with Crippen LogP contribution in [0.5, 0.6) is 0 Å². The molecule has 3 aliphatic rings. The molecule has 1 aromatic heterocycles. The highest BCUT2D eigenvalue weighted by Crippen LogP contribution is 2.32. The number of ether oxygens (including phenoxy) is 1. The lowest BCUT2D eigenvalue weighted by Crippen LogP contribution is -2.37. The van der Waals surface area contributed by atoms with E-state index in [0.717, 1.165) is 29.8 Å². The summed E-state index contributed by atoms with van der Waals surface area (Å²) < 4.78 is 43.8. The van der Waals surface area contributed by atoms with Gasteiger partial charge in [-0.2, -0.15) is 18.2 Å². The molecule has 1 aliphatic carbocycles. The third kappa shape index (κ3) is 7.10. The van der Waals surface area contributed by atoms with E-state index in [1.54, 1.807) is 6.07 Å². The number of aliphatic hydroxyl groups is 1. The summed E-state index contributed by atoms with van der Waals surface area (Å²) >= 11 is 0. The Balaban J connectivity index is 1.36. The van der Waals surface area contributed by atoms with E-state index in [1.807, 2.05) is 25.1 Å². The first-order valence-corrected chi connectivity index (χ1v) is 13.5. The molecule has 212 valence electrons. The fourth-order valence-corrected chi connectivity index (χ4v) is 5.55. The summed E-state index contributed by atoms with van der Waals surface area (Å²) in [4.78, 5) is 26.0. The van der Waals surface area contributed by atoms with Crippen LogP contribution in [0.25, 0.3) is 11.3 Å². The number of benzene rings is 1. The van der Waals surface area contributed by atoms with Gasteiger partial charge >= 0.3 is 12.2 Å². The molecule has 1 unspecified atom stereocenters. The summed E-state index contributed by atoms with van der Waals surface area (Å²) in [6.45, 7) is 4.97. The van der Waals surface area contributed by atoms with Gasteiger partial charge in [-0.3, -0.25) is 0 Å². The van der Waals surface area contributed by atoms with Crippen molar-refractivity contribution in [1.29, 1.82) is 0 Å². The van der Waals surface area contributed by atoms with Crippen LogP contribution in [0.2, 0.25) is 0 Å². The van der Waals surface area contributed by atoms with Crippen LogP contribution in [0.4, 0.5) is 35.4 Å². The largest absolute Gasteiger partial charge is 0.393 e. The molecule has 2 aromatic rings. The van der Waals surface area contributed by atoms with E-state index in [4.69, 9.17) is 14.7 Å². The van der Waals surface area contributed by atoms with Crippen molar-refractivity contribution in [1.82, 2.24) is 14.9 Å². The summed E-state index contributed by atoms with van der Waals surface area (Å²) in [7, 11) is 0. The van der Waals surface area contributed by atoms with Crippen LogP contribution >= 0.6 is 0 Å². The zero-order chi connectivity index (χ0) is 27.6. The van der Waals surface area contributed by atoms with E-state index in [9.17, 15) is 23.1 Å². The molecule has 2 aliphatic heterocycles. The lowest BCUT2D eigenvalue weighted by Gasteiger charge is -2.28. The normalized spacial score (nSPS) is 23.8. The summed E-state index contributed by atoms with van der Waals surface area (Å²) in [5.74, 6) is 0.677. The number of nitrogens with one attached hydrogen (secondary N) is 2. The summed E-state index contributed by atoms with van der Waals surface area (Å²) in [6, 6.07) is 7.11. The van der Waals surface area contributed by atoms with Crippen LogP contribution in [-0.4, -0.2) is 83.7 Å². The molecular weight excluding hydrogens is 513 g/mol. The zero-order valence-electron chi connectivity index (χ0n) is 22.0. The molecule has 3 N–H and O–H groups in total. The van der Waals surface area contributed by atoms with Gasteiger partial charge < -0.3 is 30.3 Å². The van der Waals surface area contributed by atoms with E-state index in [2.05, 4.69) is 15.5 Å². The maximum absolute atomic E-state index is 12.9. The molecule has 0 spiro atoms. The average Bonchev–Trinajstić information content (AvgIpc) is 3.53. The number of carbonyl (C=O) groups excluding carboxylic acids is 1. The minimum absolute atomic E-state index is 0.0844. The highest BCUT2D eigenvalue weighted by atomic mass is 19.4. The number of halogens is 3. The predicted octanol–water partition coefficient (Wildman–Crippen LogP) is 4.42. The summed E-state index contributed by atoms with van der Waals surface area (Å²) in [5, 5.41) is 16.2. The highest BCUT2D eigenvalue weighted by Gasteiger charge is 2.36. The Hall–Kier alpha value is -3.12. The van der Waals surface area contributed by atoms with Crippen molar-refractivity contribution in [3.63, 3.8) is 0 Å². The Kier molecular flexibility index (Phi) is 8.13. The molecule has 2 saturated heterocycles. The SMILES string of the molecule is Cc1ccc(NC(=O)N2CCC(CC(F)(F)F)C2)cc1-c1cc(N2CCOCC2)nc(N[C@@H]2CC[C@@H](O)C2)n1. The topological polar surface area (TPSA) is 103 Å². The minimum Gasteiger partial charge on any atom is -0.393 e. The van der Waals surface area contributed by atoms with Crippen LogP contribution in [0.15, 0.2) is 24.3 Å². The average molecular weight is 549 g/mol. The Bertz CT molecular complexity index is 1170. The van der Waals surface area contributed by atoms with Gasteiger partial charge in [0.25, 0.3) is 0 Å². The second-order valence-electron chi connectivity index (χ2n) is 10.7. The van der Waals surface area contributed by atoms with Crippen molar-refractivity contribution in [3.8, 4) is 11.3 Å². The van der Waals surface area contributed by atoms with Crippen molar-refractivity contribution in [2.24, 2.45) is 5.92 Å². The summed E-state index contributed by atoms with van der Waals surface area (Å²) in [5.41, 5.74) is 3.00. The van der Waals surface area contributed by atoms with Crippen molar-refractivity contribution in [2.75, 3.05) is 54.9 Å². The number of amides is 2. The van der Waals surface area contributed by atoms with Crippen LogP contribution in [0.1, 0.15) is 37.7 Å². The van der Waals surface area contributed by atoms with E-state index in [0.29, 0.717) is 63.0 Å². The molecule has 39 heavy (non-hydrogen) atoms. The van der Waals surface area contributed by atoms with Gasteiger partial charge in [0.05, 0.1) is 25.0 Å². The molecule has 5 rings (SSSR count). The number of likely N-dealkylation sites (tertiary alicyclic amines) is 1. The number of hydrogen-bond acceptors (Lipinski definition) is 7. The number of aromatic nitrogens is 2. The standard InChI is InChI=1S/C27H35F3N6O3/c1-17-2-3-20(32-26(38)36-7-6-18(16-36)15-27(28,29)30)13-22(17)23-14-24(35-8-10-39-11-9-35)34-25(33-23)31-19-4-5-21(37)12-19/h2-3,13-14,18-19,21,37H,4-12,15-16H2,1H3,(H,32,38)(H,31,33,34)/t18?,19-,21-/m1/s1. The van der Waals surface area contributed by atoms with Crippen molar-refractivity contribution in [3.05, 3.63) is 29.8 Å². The molecule has 12 heteroatoms. The first-order chi connectivity index (χ1) is 18.6. The Morgan fingerprint density at radius 3 is 2.64 bits per heavy atom. The summed E-state index contributed by atoms with van der Waals surface area (Å²) in [6.07, 6.45) is -2.88. The molecule has 1 aromatic carbocycles. The number of nitrogens with zero attached hydrogens (tertiary/aromatic N) is 4. The quantitative estimate of drug-likeness (QED) is 0.491. The zero-order valence-corrected chi connectivity index (χ0v) is 22.0. The number of carbonyl (C=O) groups is 1. The lowest BCUT2D eigenvalue weighted by atomic mass is 10.0. The fraction of sp³-hybridized carbons (Fsp3) is 0.593. The maximum Gasteiger partial charge on any atom is 0.389 e. The van der Waals surface area contributed by atoms with Crippen LogP contribution < -0.4 is 15.5 Å². The molecule has 3 fully saturated rings. The maximum atomic E-state index is 12.9. The number of alkyl halides is 3. The van der Waals surface area contributed by atoms with E-state index < -0.39 is 24.5 Å². The van der Waals surface area contributed by atoms with Gasteiger partial charge in [-0.25, -0.2) is 9.78 Å². The second kappa shape index (κ2) is 11.5. The number of hydrogen-bond donors (Lipinski definition) is 3. The number of anilines is 3.